The van der Waals surface area contributed by atoms with Crippen molar-refractivity contribution in [2.75, 3.05) is 20.3 Å². The zero-order chi connectivity index (χ0) is 22.7. The fourth-order valence-electron chi connectivity index (χ4n) is 2.60. The number of methoxy groups -OCH3 is 1. The average Bonchev–Trinajstić information content (AvgIpc) is 2.71. The van der Waals surface area contributed by atoms with Crippen molar-refractivity contribution in [2.24, 2.45) is 0 Å². The summed E-state index contributed by atoms with van der Waals surface area (Å²) in [5, 5.41) is 19.2. The molecule has 0 radical (unpaired) electrons. The second kappa shape index (κ2) is 10.1. The Kier molecular flexibility index (Phi) is 8.28. The maximum atomic E-state index is 12.8. The number of hydrogen-bond donors (Lipinski definition) is 1. The molecule has 1 aromatic heterocycles. The fourth-order valence-corrected chi connectivity index (χ4v) is 3.83. The second-order valence-corrected chi connectivity index (χ2v) is 7.76. The van der Waals surface area contributed by atoms with Crippen LogP contribution >= 0.6 is 58.0 Å². The number of aromatic hydroxyl groups is 1. The lowest BCUT2D eigenvalue weighted by Gasteiger charge is -2.16. The van der Waals surface area contributed by atoms with E-state index < -0.39 is 23.8 Å². The molecule has 2 rings (SSSR count). The van der Waals surface area contributed by atoms with Gasteiger partial charge >= 0.3 is 0 Å². The standard InChI is InChI=1S/C18H13Cl5N2O5/c1-7-8(5-24)17(27)25(3-4-29-2)18(28)10(7)9(26)6-30-16-14(22)12(20)11(19)13(21)15(16)23/h28H,3-4,6H2,1-2H3. The molecule has 0 bridgehead atoms. The molecule has 0 amide bonds. The Balaban J connectivity index is 2.49. The van der Waals surface area contributed by atoms with Gasteiger partial charge in [0, 0.05) is 7.11 Å². The molecule has 1 N–H and O–H groups in total. The highest BCUT2D eigenvalue weighted by Gasteiger charge is 2.26. The number of Topliss-reactive ketones (excluding diaryl/α,β-unsaturated/α-hetero) is 1. The number of nitriles is 1. The predicted molar refractivity (Wildman–Crippen MR) is 115 cm³/mol. The lowest BCUT2D eigenvalue weighted by molar-refractivity contribution is 0.0915. The molecule has 0 atom stereocenters. The summed E-state index contributed by atoms with van der Waals surface area (Å²) >= 11 is 30.0. The summed E-state index contributed by atoms with van der Waals surface area (Å²) in [7, 11) is 1.40. The molecule has 30 heavy (non-hydrogen) atoms. The number of benzene rings is 1. The van der Waals surface area contributed by atoms with Gasteiger partial charge in [-0.3, -0.25) is 14.2 Å². The van der Waals surface area contributed by atoms with Crippen molar-refractivity contribution in [2.45, 2.75) is 13.5 Å². The van der Waals surface area contributed by atoms with Crippen LogP contribution in [0.15, 0.2) is 4.79 Å². The quantitative estimate of drug-likeness (QED) is 0.320. The van der Waals surface area contributed by atoms with Crippen LogP contribution in [0.4, 0.5) is 0 Å². The number of carbonyl (C=O) groups is 1. The van der Waals surface area contributed by atoms with E-state index in [1.807, 2.05) is 0 Å². The Morgan fingerprint density at radius 1 is 1.10 bits per heavy atom. The highest BCUT2D eigenvalue weighted by molar-refractivity contribution is 6.55. The van der Waals surface area contributed by atoms with Gasteiger partial charge < -0.3 is 14.6 Å². The molecule has 0 saturated heterocycles. The number of nitrogens with zero attached hydrogens (tertiary/aromatic N) is 2. The predicted octanol–water partition coefficient (Wildman–Crippen LogP) is 4.91. The van der Waals surface area contributed by atoms with Crippen molar-refractivity contribution in [3.8, 4) is 17.7 Å². The molecule has 0 fully saturated rings. The van der Waals surface area contributed by atoms with Gasteiger partial charge in [0.15, 0.2) is 12.4 Å². The van der Waals surface area contributed by atoms with Crippen LogP contribution in [-0.4, -0.2) is 35.8 Å². The van der Waals surface area contributed by atoms with Gasteiger partial charge in [-0.2, -0.15) is 5.26 Å². The van der Waals surface area contributed by atoms with Crippen LogP contribution in [0.3, 0.4) is 0 Å². The van der Waals surface area contributed by atoms with Crippen LogP contribution in [0.1, 0.15) is 21.5 Å². The Labute approximate surface area is 196 Å². The lowest BCUT2D eigenvalue weighted by atomic mass is 10.0. The largest absolute Gasteiger partial charge is 0.494 e. The number of halogens is 5. The molecule has 0 saturated carbocycles. The van der Waals surface area contributed by atoms with Crippen LogP contribution in [-0.2, 0) is 11.3 Å². The van der Waals surface area contributed by atoms with E-state index >= 15 is 0 Å². The normalized spacial score (nSPS) is 10.7. The molecule has 7 nitrogen and oxygen atoms in total. The van der Waals surface area contributed by atoms with Crippen LogP contribution in [0.2, 0.25) is 25.1 Å². The molecule has 160 valence electrons. The van der Waals surface area contributed by atoms with Gasteiger partial charge in [0.25, 0.3) is 5.56 Å². The molecule has 12 heteroatoms. The van der Waals surface area contributed by atoms with E-state index in [9.17, 15) is 20.0 Å². The van der Waals surface area contributed by atoms with E-state index in [4.69, 9.17) is 67.5 Å². The summed E-state index contributed by atoms with van der Waals surface area (Å²) in [5.41, 5.74) is -1.29. The Bertz CT molecular complexity index is 1090. The van der Waals surface area contributed by atoms with Crippen LogP contribution in [0.5, 0.6) is 11.6 Å². The SMILES string of the molecule is COCCn1c(O)c(C(=O)COc2c(Cl)c(Cl)c(Cl)c(Cl)c2Cl)c(C)c(C#N)c1=O. The van der Waals surface area contributed by atoms with Crippen LogP contribution in [0.25, 0.3) is 0 Å². The van der Waals surface area contributed by atoms with E-state index in [0.29, 0.717) is 0 Å². The number of carbonyl (C=O) groups excluding carboxylic acids is 1. The molecule has 1 aromatic carbocycles. The van der Waals surface area contributed by atoms with E-state index in [1.54, 1.807) is 6.07 Å². The van der Waals surface area contributed by atoms with Crippen molar-refractivity contribution in [3.63, 3.8) is 0 Å². The third kappa shape index (κ3) is 4.50. The maximum Gasteiger partial charge on any atom is 0.271 e. The number of rotatable bonds is 7. The molecule has 0 unspecified atom stereocenters. The van der Waals surface area contributed by atoms with Gasteiger partial charge in [0.1, 0.15) is 21.7 Å². The molecule has 2 aromatic rings. The smallest absolute Gasteiger partial charge is 0.271 e. The van der Waals surface area contributed by atoms with E-state index in [-0.39, 0.29) is 60.7 Å². The minimum atomic E-state index is -0.748. The Morgan fingerprint density at radius 2 is 1.63 bits per heavy atom. The van der Waals surface area contributed by atoms with Crippen LogP contribution < -0.4 is 10.3 Å². The molecular formula is C18H13Cl5N2O5. The zero-order valence-electron chi connectivity index (χ0n) is 15.5. The average molecular weight is 515 g/mol. The fraction of sp³-hybridized carbons (Fsp3) is 0.278. The summed E-state index contributed by atoms with van der Waals surface area (Å²) in [5.74, 6) is -1.55. The van der Waals surface area contributed by atoms with Gasteiger partial charge in [-0.15, -0.1) is 0 Å². The number of ether oxygens (including phenoxy) is 2. The second-order valence-electron chi connectivity index (χ2n) is 5.87. The number of aromatic nitrogens is 1. The van der Waals surface area contributed by atoms with Crippen molar-refractivity contribution in [1.82, 2.24) is 4.57 Å². The molecule has 0 aliphatic rings. The highest BCUT2D eigenvalue weighted by atomic mass is 35.5. The molecular weight excluding hydrogens is 501 g/mol. The molecule has 0 aliphatic carbocycles. The number of pyridine rings is 1. The van der Waals surface area contributed by atoms with E-state index in [0.717, 1.165) is 4.57 Å². The minimum Gasteiger partial charge on any atom is -0.494 e. The van der Waals surface area contributed by atoms with E-state index in [2.05, 4.69) is 0 Å². The first-order chi connectivity index (χ1) is 14.1. The maximum absolute atomic E-state index is 12.8. The summed E-state index contributed by atoms with van der Waals surface area (Å²) < 4.78 is 11.2. The lowest BCUT2D eigenvalue weighted by Crippen LogP contribution is -2.29. The van der Waals surface area contributed by atoms with Gasteiger partial charge in [-0.25, -0.2) is 0 Å². The Hall–Kier alpha value is -1.66. The molecule has 0 spiro atoms. The summed E-state index contributed by atoms with van der Waals surface area (Å²) in [4.78, 5) is 25.2. The van der Waals surface area contributed by atoms with Crippen molar-refractivity contribution < 1.29 is 19.4 Å². The van der Waals surface area contributed by atoms with Crippen molar-refractivity contribution in [3.05, 3.63) is 52.2 Å². The first-order valence-corrected chi connectivity index (χ1v) is 10.00. The van der Waals surface area contributed by atoms with Crippen molar-refractivity contribution in [1.29, 1.82) is 5.26 Å². The number of ketones is 1. The summed E-state index contributed by atoms with van der Waals surface area (Å²) in [6.45, 7) is 0.703. The highest BCUT2D eigenvalue weighted by Crippen LogP contribution is 2.48. The van der Waals surface area contributed by atoms with Gasteiger partial charge in [-0.05, 0) is 12.5 Å². The minimum absolute atomic E-state index is 0.00614. The topological polar surface area (TPSA) is 102 Å². The Morgan fingerprint density at radius 3 is 2.13 bits per heavy atom. The molecule has 1 heterocycles. The summed E-state index contributed by atoms with van der Waals surface area (Å²) in [6.07, 6.45) is 0. The van der Waals surface area contributed by atoms with Gasteiger partial charge in [0.05, 0.1) is 33.8 Å². The first kappa shape index (κ1) is 24.6. The third-order valence-corrected chi connectivity index (χ3v) is 6.36. The molecule has 0 aliphatic heterocycles. The van der Waals surface area contributed by atoms with E-state index in [1.165, 1.54) is 14.0 Å². The summed E-state index contributed by atoms with van der Waals surface area (Å²) in [6, 6.07) is 1.75. The van der Waals surface area contributed by atoms with Crippen molar-refractivity contribution >= 4 is 63.8 Å². The number of hydrogen-bond acceptors (Lipinski definition) is 6. The first-order valence-electron chi connectivity index (χ1n) is 8.11. The monoisotopic (exact) mass is 512 g/mol. The van der Waals surface area contributed by atoms with Crippen LogP contribution in [0, 0.1) is 18.3 Å². The van der Waals surface area contributed by atoms with Gasteiger partial charge in [0.2, 0.25) is 11.7 Å². The van der Waals surface area contributed by atoms with Gasteiger partial charge in [-0.1, -0.05) is 58.0 Å². The third-order valence-electron chi connectivity index (χ3n) is 4.12. The zero-order valence-corrected chi connectivity index (χ0v) is 19.3.